The third-order valence-electron chi connectivity index (χ3n) is 5.22. The Bertz CT molecular complexity index is 474. The largest absolute Gasteiger partial charge is 0.309 e. The van der Waals surface area contributed by atoms with E-state index >= 15 is 0 Å². The summed E-state index contributed by atoms with van der Waals surface area (Å²) in [6, 6.07) is 7.02. The van der Waals surface area contributed by atoms with Crippen molar-refractivity contribution in [1.82, 2.24) is 10.2 Å². The zero-order valence-electron chi connectivity index (χ0n) is 13.3. The molecule has 1 aliphatic carbocycles. The summed E-state index contributed by atoms with van der Waals surface area (Å²) in [6.07, 6.45) is 6.62. The van der Waals surface area contributed by atoms with Crippen LogP contribution in [0, 0.1) is 5.82 Å². The molecule has 1 aromatic rings. The Morgan fingerprint density at radius 1 is 1.10 bits per heavy atom. The second-order valence-electron chi connectivity index (χ2n) is 7.50. The van der Waals surface area contributed by atoms with Crippen molar-refractivity contribution < 1.29 is 4.39 Å². The van der Waals surface area contributed by atoms with E-state index in [1.54, 1.807) is 12.1 Å². The van der Waals surface area contributed by atoms with Gasteiger partial charge in [0, 0.05) is 30.7 Å². The molecule has 2 aliphatic rings. The zero-order chi connectivity index (χ0) is 14.9. The van der Waals surface area contributed by atoms with Crippen LogP contribution in [0.15, 0.2) is 24.3 Å². The maximum atomic E-state index is 13.1. The highest BCUT2D eigenvalue weighted by atomic mass is 19.1. The van der Waals surface area contributed by atoms with Crippen molar-refractivity contribution >= 4 is 0 Å². The monoisotopic (exact) mass is 290 g/mol. The van der Waals surface area contributed by atoms with E-state index in [2.05, 4.69) is 24.1 Å². The predicted molar refractivity (Wildman–Crippen MR) is 84.7 cm³/mol. The molecular formula is C18H27FN2. The number of hydrogen-bond acceptors (Lipinski definition) is 2. The van der Waals surface area contributed by atoms with Crippen LogP contribution in [-0.2, 0) is 6.54 Å². The topological polar surface area (TPSA) is 15.3 Å². The van der Waals surface area contributed by atoms with Crippen molar-refractivity contribution in [1.29, 1.82) is 0 Å². The lowest BCUT2D eigenvalue weighted by atomic mass is 9.76. The molecule has 1 saturated carbocycles. The van der Waals surface area contributed by atoms with E-state index in [4.69, 9.17) is 0 Å². The fraction of sp³-hybridized carbons (Fsp3) is 0.667. The van der Waals surface area contributed by atoms with Crippen LogP contribution in [0.2, 0.25) is 0 Å². The van der Waals surface area contributed by atoms with Gasteiger partial charge in [0.05, 0.1) is 0 Å². The van der Waals surface area contributed by atoms with Crippen LogP contribution < -0.4 is 5.32 Å². The molecule has 21 heavy (non-hydrogen) atoms. The standard InChI is InChI=1S/C18H27FN2/c1-17(2)14-21(12-15-6-8-16(19)9-7-15)18(13-20-17)10-4-3-5-11-18/h6-9,20H,3-5,10-14H2,1-2H3. The van der Waals surface area contributed by atoms with Gasteiger partial charge in [-0.15, -0.1) is 0 Å². The fourth-order valence-corrected chi connectivity index (χ4v) is 3.95. The number of rotatable bonds is 2. The SMILES string of the molecule is CC1(C)CN(Cc2ccc(F)cc2)C2(CCCCC2)CN1. The van der Waals surface area contributed by atoms with E-state index in [1.165, 1.54) is 37.7 Å². The Labute approximate surface area is 127 Å². The molecule has 1 aliphatic heterocycles. The first kappa shape index (κ1) is 15.0. The molecule has 0 radical (unpaired) electrons. The number of halogens is 1. The summed E-state index contributed by atoms with van der Waals surface area (Å²) in [5, 5.41) is 3.74. The summed E-state index contributed by atoms with van der Waals surface area (Å²) in [4.78, 5) is 2.66. The van der Waals surface area contributed by atoms with Gasteiger partial charge >= 0.3 is 0 Å². The summed E-state index contributed by atoms with van der Waals surface area (Å²) in [7, 11) is 0. The minimum absolute atomic E-state index is 0.147. The molecule has 3 heteroatoms. The van der Waals surface area contributed by atoms with E-state index in [0.29, 0.717) is 5.54 Å². The van der Waals surface area contributed by atoms with Crippen LogP contribution >= 0.6 is 0 Å². The van der Waals surface area contributed by atoms with E-state index in [-0.39, 0.29) is 11.4 Å². The van der Waals surface area contributed by atoms with Crippen molar-refractivity contribution in [3.63, 3.8) is 0 Å². The second-order valence-corrected chi connectivity index (χ2v) is 7.50. The summed E-state index contributed by atoms with van der Waals surface area (Å²) >= 11 is 0. The highest BCUT2D eigenvalue weighted by Gasteiger charge is 2.44. The molecule has 1 N–H and O–H groups in total. The predicted octanol–water partition coefficient (Wildman–Crippen LogP) is 3.71. The Balaban J connectivity index is 1.81. The Kier molecular flexibility index (Phi) is 4.06. The maximum absolute atomic E-state index is 13.1. The summed E-state index contributed by atoms with van der Waals surface area (Å²) in [5.41, 5.74) is 1.68. The van der Waals surface area contributed by atoms with Crippen molar-refractivity contribution in [2.75, 3.05) is 13.1 Å². The number of nitrogens with one attached hydrogen (secondary N) is 1. The van der Waals surface area contributed by atoms with Gasteiger partial charge in [0.25, 0.3) is 0 Å². The van der Waals surface area contributed by atoms with Crippen LogP contribution in [0.3, 0.4) is 0 Å². The molecule has 1 heterocycles. The van der Waals surface area contributed by atoms with Crippen LogP contribution in [0.5, 0.6) is 0 Å². The molecule has 2 fully saturated rings. The van der Waals surface area contributed by atoms with Crippen LogP contribution in [0.1, 0.15) is 51.5 Å². The lowest BCUT2D eigenvalue weighted by molar-refractivity contribution is -0.0161. The van der Waals surface area contributed by atoms with E-state index in [9.17, 15) is 4.39 Å². The average Bonchev–Trinajstić information content (AvgIpc) is 2.47. The number of hydrogen-bond donors (Lipinski definition) is 1. The molecule has 2 nitrogen and oxygen atoms in total. The molecule has 0 unspecified atom stereocenters. The molecule has 0 amide bonds. The fourth-order valence-electron chi connectivity index (χ4n) is 3.95. The normalized spacial score (nSPS) is 25.1. The summed E-state index contributed by atoms with van der Waals surface area (Å²) in [5.74, 6) is -0.147. The third kappa shape index (κ3) is 3.29. The molecule has 116 valence electrons. The van der Waals surface area contributed by atoms with Gasteiger partial charge in [-0.1, -0.05) is 31.4 Å². The lowest BCUT2D eigenvalue weighted by Gasteiger charge is -2.54. The minimum atomic E-state index is -0.147. The van der Waals surface area contributed by atoms with Crippen molar-refractivity contribution in [3.8, 4) is 0 Å². The molecule has 0 atom stereocenters. The quantitative estimate of drug-likeness (QED) is 0.893. The van der Waals surface area contributed by atoms with Gasteiger partial charge in [-0.2, -0.15) is 0 Å². The highest BCUT2D eigenvalue weighted by Crippen LogP contribution is 2.37. The number of piperazine rings is 1. The smallest absolute Gasteiger partial charge is 0.123 e. The maximum Gasteiger partial charge on any atom is 0.123 e. The van der Waals surface area contributed by atoms with Gasteiger partial charge in [0.1, 0.15) is 5.82 Å². The van der Waals surface area contributed by atoms with Crippen LogP contribution in [-0.4, -0.2) is 29.1 Å². The van der Waals surface area contributed by atoms with Gasteiger partial charge < -0.3 is 5.32 Å². The van der Waals surface area contributed by atoms with Crippen LogP contribution in [0.25, 0.3) is 0 Å². The Hall–Kier alpha value is -0.930. The highest BCUT2D eigenvalue weighted by molar-refractivity contribution is 5.17. The van der Waals surface area contributed by atoms with Crippen molar-refractivity contribution in [3.05, 3.63) is 35.6 Å². The molecule has 1 saturated heterocycles. The van der Waals surface area contributed by atoms with Crippen molar-refractivity contribution in [2.24, 2.45) is 0 Å². The van der Waals surface area contributed by atoms with E-state index in [0.717, 1.165) is 19.6 Å². The molecule has 0 bridgehead atoms. The second kappa shape index (κ2) is 5.69. The van der Waals surface area contributed by atoms with Gasteiger partial charge in [0.15, 0.2) is 0 Å². The summed E-state index contributed by atoms with van der Waals surface area (Å²) < 4.78 is 13.1. The van der Waals surface area contributed by atoms with E-state index < -0.39 is 0 Å². The molecule has 1 aromatic carbocycles. The first-order valence-corrected chi connectivity index (χ1v) is 8.24. The molecule has 0 aromatic heterocycles. The van der Waals surface area contributed by atoms with E-state index in [1.807, 2.05) is 12.1 Å². The van der Waals surface area contributed by atoms with Crippen LogP contribution in [0.4, 0.5) is 4.39 Å². The molecule has 3 rings (SSSR count). The van der Waals surface area contributed by atoms with Gasteiger partial charge in [-0.3, -0.25) is 4.90 Å². The Morgan fingerprint density at radius 2 is 1.76 bits per heavy atom. The van der Waals surface area contributed by atoms with Gasteiger partial charge in [0.2, 0.25) is 0 Å². The summed E-state index contributed by atoms with van der Waals surface area (Å²) in [6.45, 7) is 7.64. The van der Waals surface area contributed by atoms with Crippen molar-refractivity contribution in [2.45, 2.75) is 63.6 Å². The molecule has 1 spiro atoms. The minimum Gasteiger partial charge on any atom is -0.309 e. The third-order valence-corrected chi connectivity index (χ3v) is 5.22. The number of benzene rings is 1. The average molecular weight is 290 g/mol. The van der Waals surface area contributed by atoms with Gasteiger partial charge in [-0.25, -0.2) is 4.39 Å². The zero-order valence-corrected chi connectivity index (χ0v) is 13.3. The number of nitrogens with zero attached hydrogens (tertiary/aromatic N) is 1. The van der Waals surface area contributed by atoms with Gasteiger partial charge in [-0.05, 0) is 44.4 Å². The molecular weight excluding hydrogens is 263 g/mol. The first-order chi connectivity index (χ1) is 9.99. The Morgan fingerprint density at radius 3 is 2.43 bits per heavy atom. The lowest BCUT2D eigenvalue weighted by Crippen LogP contribution is -2.68. The first-order valence-electron chi connectivity index (χ1n) is 8.24.